The Morgan fingerprint density at radius 3 is 2.37 bits per heavy atom. The van der Waals surface area contributed by atoms with Crippen LogP contribution in [0.1, 0.15) is 47.5 Å². The summed E-state index contributed by atoms with van der Waals surface area (Å²) in [6, 6.07) is 9.69. The molecule has 1 saturated heterocycles. The molecule has 9 heteroatoms. The molecule has 1 atom stereocenters. The standard InChI is InChI=1S/C26H37FN6O2/c1-6-19(2)33(25(35)28-26(3,4)5)18-24(34)32-15-7-14-31(16-17-32)23-13-12-22(29-30-23)20-8-10-21(27)11-9-20/h8-13,19H,6-7,14-18H2,1-5H3,(H,28,35)/t19-/m1/s1. The van der Waals surface area contributed by atoms with Crippen molar-refractivity contribution in [1.82, 2.24) is 25.3 Å². The smallest absolute Gasteiger partial charge is 0.318 e. The highest BCUT2D eigenvalue weighted by Gasteiger charge is 2.28. The minimum Gasteiger partial charge on any atom is -0.353 e. The van der Waals surface area contributed by atoms with Crippen LogP contribution in [0.5, 0.6) is 0 Å². The van der Waals surface area contributed by atoms with Crippen LogP contribution in [0.25, 0.3) is 11.3 Å². The van der Waals surface area contributed by atoms with Gasteiger partial charge in [-0.3, -0.25) is 4.79 Å². The molecule has 190 valence electrons. The van der Waals surface area contributed by atoms with Crippen LogP contribution < -0.4 is 10.2 Å². The molecule has 1 N–H and O–H groups in total. The molecule has 1 aliphatic heterocycles. The van der Waals surface area contributed by atoms with Crippen LogP contribution in [0, 0.1) is 5.82 Å². The summed E-state index contributed by atoms with van der Waals surface area (Å²) in [4.78, 5) is 31.6. The van der Waals surface area contributed by atoms with Gasteiger partial charge in [-0.15, -0.1) is 10.2 Å². The Kier molecular flexibility index (Phi) is 8.64. The van der Waals surface area contributed by atoms with Gasteiger partial charge in [-0.25, -0.2) is 9.18 Å². The van der Waals surface area contributed by atoms with Gasteiger partial charge < -0.3 is 20.0 Å². The number of carbonyl (C=O) groups excluding carboxylic acids is 2. The van der Waals surface area contributed by atoms with Gasteiger partial charge in [-0.05, 0) is 76.9 Å². The number of urea groups is 1. The number of halogens is 1. The van der Waals surface area contributed by atoms with E-state index in [1.54, 1.807) is 17.0 Å². The molecule has 1 aromatic carbocycles. The largest absolute Gasteiger partial charge is 0.353 e. The van der Waals surface area contributed by atoms with Gasteiger partial charge in [0.05, 0.1) is 5.69 Å². The summed E-state index contributed by atoms with van der Waals surface area (Å²) in [6.07, 6.45) is 1.57. The molecular formula is C26H37FN6O2. The molecule has 2 aromatic rings. The fourth-order valence-corrected chi connectivity index (χ4v) is 3.95. The molecule has 35 heavy (non-hydrogen) atoms. The second-order valence-corrected chi connectivity index (χ2v) is 10.1. The number of nitrogens with zero attached hydrogens (tertiary/aromatic N) is 5. The molecule has 0 radical (unpaired) electrons. The first-order valence-corrected chi connectivity index (χ1v) is 12.3. The van der Waals surface area contributed by atoms with E-state index in [0.717, 1.165) is 30.8 Å². The summed E-state index contributed by atoms with van der Waals surface area (Å²) in [7, 11) is 0. The van der Waals surface area contributed by atoms with Crippen LogP contribution in [0.2, 0.25) is 0 Å². The fourth-order valence-electron chi connectivity index (χ4n) is 3.95. The Hall–Kier alpha value is -3.23. The van der Waals surface area contributed by atoms with E-state index in [9.17, 15) is 14.0 Å². The molecule has 1 aliphatic rings. The van der Waals surface area contributed by atoms with Crippen molar-refractivity contribution in [3.63, 3.8) is 0 Å². The summed E-state index contributed by atoms with van der Waals surface area (Å²) in [5.41, 5.74) is 1.11. The average Bonchev–Trinajstić information content (AvgIpc) is 3.08. The van der Waals surface area contributed by atoms with Gasteiger partial charge in [0.1, 0.15) is 12.4 Å². The monoisotopic (exact) mass is 484 g/mol. The second-order valence-electron chi connectivity index (χ2n) is 10.1. The van der Waals surface area contributed by atoms with Crippen LogP contribution in [-0.2, 0) is 4.79 Å². The predicted octanol–water partition coefficient (Wildman–Crippen LogP) is 3.93. The Morgan fingerprint density at radius 2 is 1.77 bits per heavy atom. The van der Waals surface area contributed by atoms with Crippen LogP contribution in [0.3, 0.4) is 0 Å². The quantitative estimate of drug-likeness (QED) is 0.672. The Morgan fingerprint density at radius 1 is 1.06 bits per heavy atom. The molecular weight excluding hydrogens is 447 g/mol. The molecule has 3 amide bonds. The maximum atomic E-state index is 13.2. The number of rotatable bonds is 6. The van der Waals surface area contributed by atoms with Gasteiger partial charge in [-0.1, -0.05) is 6.92 Å². The van der Waals surface area contributed by atoms with E-state index in [1.807, 2.05) is 51.7 Å². The number of nitrogens with one attached hydrogen (secondary N) is 1. The van der Waals surface area contributed by atoms with E-state index in [0.29, 0.717) is 25.3 Å². The number of amides is 3. The van der Waals surface area contributed by atoms with E-state index in [-0.39, 0.29) is 35.9 Å². The Bertz CT molecular complexity index is 990. The minimum absolute atomic E-state index is 0.0420. The van der Waals surface area contributed by atoms with Gasteiger partial charge in [0.2, 0.25) is 5.91 Å². The molecule has 0 saturated carbocycles. The summed E-state index contributed by atoms with van der Waals surface area (Å²) in [6.45, 7) is 12.4. The third-order valence-electron chi connectivity index (χ3n) is 6.13. The normalized spacial score (nSPS) is 15.4. The second kappa shape index (κ2) is 11.5. The van der Waals surface area contributed by atoms with E-state index < -0.39 is 0 Å². The van der Waals surface area contributed by atoms with Crippen LogP contribution >= 0.6 is 0 Å². The van der Waals surface area contributed by atoms with Crippen LogP contribution in [0.4, 0.5) is 15.0 Å². The third kappa shape index (κ3) is 7.37. The van der Waals surface area contributed by atoms with Crippen molar-refractivity contribution in [2.75, 3.05) is 37.6 Å². The highest BCUT2D eigenvalue weighted by Crippen LogP contribution is 2.20. The predicted molar refractivity (Wildman–Crippen MR) is 136 cm³/mol. The summed E-state index contributed by atoms with van der Waals surface area (Å²) < 4.78 is 13.2. The van der Waals surface area contributed by atoms with Crippen molar-refractivity contribution >= 4 is 17.8 Å². The first kappa shape index (κ1) is 26.4. The number of hydrogen-bond acceptors (Lipinski definition) is 5. The van der Waals surface area contributed by atoms with Crippen LogP contribution in [0.15, 0.2) is 36.4 Å². The van der Waals surface area contributed by atoms with Gasteiger partial charge in [0.25, 0.3) is 0 Å². The van der Waals surface area contributed by atoms with Gasteiger partial charge in [0, 0.05) is 43.3 Å². The fraction of sp³-hybridized carbons (Fsp3) is 0.538. The Balaban J connectivity index is 1.61. The highest BCUT2D eigenvalue weighted by atomic mass is 19.1. The number of anilines is 1. The zero-order chi connectivity index (χ0) is 25.6. The lowest BCUT2D eigenvalue weighted by Crippen LogP contribution is -2.54. The number of carbonyl (C=O) groups is 2. The zero-order valence-electron chi connectivity index (χ0n) is 21.4. The lowest BCUT2D eigenvalue weighted by molar-refractivity contribution is -0.132. The van der Waals surface area contributed by atoms with Gasteiger partial charge >= 0.3 is 6.03 Å². The van der Waals surface area contributed by atoms with Crippen LogP contribution in [-0.4, -0.2) is 76.2 Å². The van der Waals surface area contributed by atoms with Crippen molar-refractivity contribution in [2.45, 2.75) is 59.0 Å². The number of hydrogen-bond donors (Lipinski definition) is 1. The van der Waals surface area contributed by atoms with E-state index in [2.05, 4.69) is 20.4 Å². The van der Waals surface area contributed by atoms with Crippen molar-refractivity contribution in [3.8, 4) is 11.3 Å². The summed E-state index contributed by atoms with van der Waals surface area (Å²) in [5.74, 6) is 0.411. The van der Waals surface area contributed by atoms with E-state index in [4.69, 9.17) is 0 Å². The van der Waals surface area contributed by atoms with Gasteiger partial charge in [-0.2, -0.15) is 0 Å². The number of benzene rings is 1. The highest BCUT2D eigenvalue weighted by molar-refractivity contribution is 5.84. The molecule has 0 bridgehead atoms. The first-order valence-electron chi connectivity index (χ1n) is 12.3. The first-order chi connectivity index (χ1) is 16.6. The minimum atomic E-state index is -0.373. The summed E-state index contributed by atoms with van der Waals surface area (Å²) >= 11 is 0. The molecule has 0 spiro atoms. The SMILES string of the molecule is CC[C@@H](C)N(CC(=O)N1CCCN(c2ccc(-c3ccc(F)cc3)nn2)CC1)C(=O)NC(C)(C)C. The third-order valence-corrected chi connectivity index (χ3v) is 6.13. The zero-order valence-corrected chi connectivity index (χ0v) is 21.4. The lowest BCUT2D eigenvalue weighted by Gasteiger charge is -2.33. The van der Waals surface area contributed by atoms with E-state index >= 15 is 0 Å². The van der Waals surface area contributed by atoms with Crippen molar-refractivity contribution in [1.29, 1.82) is 0 Å². The molecule has 0 aliphatic carbocycles. The topological polar surface area (TPSA) is 81.7 Å². The molecule has 2 heterocycles. The van der Waals surface area contributed by atoms with E-state index in [1.165, 1.54) is 12.1 Å². The molecule has 1 aromatic heterocycles. The average molecular weight is 485 g/mol. The molecule has 0 unspecified atom stereocenters. The molecule has 8 nitrogen and oxygen atoms in total. The molecule has 1 fully saturated rings. The number of aromatic nitrogens is 2. The maximum Gasteiger partial charge on any atom is 0.318 e. The Labute approximate surface area is 207 Å². The lowest BCUT2D eigenvalue weighted by atomic mass is 10.1. The summed E-state index contributed by atoms with van der Waals surface area (Å²) in [5, 5.41) is 11.7. The van der Waals surface area contributed by atoms with Gasteiger partial charge in [0.15, 0.2) is 5.82 Å². The molecule has 3 rings (SSSR count). The van der Waals surface area contributed by atoms with Crippen molar-refractivity contribution < 1.29 is 14.0 Å². The van der Waals surface area contributed by atoms with Crippen molar-refractivity contribution in [3.05, 3.63) is 42.2 Å². The van der Waals surface area contributed by atoms with Crippen molar-refractivity contribution in [2.24, 2.45) is 0 Å². The maximum absolute atomic E-state index is 13.2.